The lowest BCUT2D eigenvalue weighted by Gasteiger charge is -2.29. The first kappa shape index (κ1) is 17.5. The molecule has 140 valence electrons. The number of hydrogen-bond donors (Lipinski definition) is 0. The van der Waals surface area contributed by atoms with Gasteiger partial charge in [-0.1, -0.05) is 26.0 Å². The highest BCUT2D eigenvalue weighted by molar-refractivity contribution is 5.99. The summed E-state index contributed by atoms with van der Waals surface area (Å²) in [6, 6.07) is 9.54. The van der Waals surface area contributed by atoms with Crippen molar-refractivity contribution in [1.82, 2.24) is 9.55 Å². The molecular formula is C21H22N2O4. The first-order valence-corrected chi connectivity index (χ1v) is 9.09. The Morgan fingerprint density at radius 2 is 1.96 bits per heavy atom. The fraction of sp³-hybridized carbons (Fsp3) is 0.381. The van der Waals surface area contributed by atoms with Crippen molar-refractivity contribution < 1.29 is 14.3 Å². The van der Waals surface area contributed by atoms with Crippen molar-refractivity contribution in [3.63, 3.8) is 0 Å². The normalized spacial score (nSPS) is 20.6. The summed E-state index contributed by atoms with van der Waals surface area (Å²) in [6.07, 6.45) is 4.75. The summed E-state index contributed by atoms with van der Waals surface area (Å²) < 4.78 is 13.3. The molecular weight excluding hydrogens is 344 g/mol. The van der Waals surface area contributed by atoms with Crippen molar-refractivity contribution in [3.05, 3.63) is 58.5 Å². The summed E-state index contributed by atoms with van der Waals surface area (Å²) in [5.41, 5.74) is 1.82. The largest absolute Gasteiger partial charge is 0.490 e. The van der Waals surface area contributed by atoms with Crippen LogP contribution in [0.15, 0.2) is 47.4 Å². The minimum absolute atomic E-state index is 0.000806. The molecule has 2 aromatic rings. The standard InChI is InChI=1S/C21H22N2O4/c1-21(2)10-15(9-16(24)11-21)14-3-5-17(6-4-14)26-13-18-12-23-8-7-19(25)22-20(23)27-18/h3-9,18H,10-13H2,1-2H3. The van der Waals surface area contributed by atoms with Gasteiger partial charge in [0.05, 0.1) is 6.54 Å². The van der Waals surface area contributed by atoms with Gasteiger partial charge in [-0.2, -0.15) is 4.98 Å². The van der Waals surface area contributed by atoms with Gasteiger partial charge >= 0.3 is 0 Å². The molecule has 1 aliphatic carbocycles. The van der Waals surface area contributed by atoms with Crippen LogP contribution in [0.1, 0.15) is 32.3 Å². The second-order valence-corrected chi connectivity index (χ2v) is 7.93. The number of fused-ring (bicyclic) bond motifs is 1. The lowest BCUT2D eigenvalue weighted by molar-refractivity contribution is -0.116. The van der Waals surface area contributed by atoms with Crippen molar-refractivity contribution in [2.45, 2.75) is 39.3 Å². The highest BCUT2D eigenvalue weighted by Crippen LogP contribution is 2.38. The monoisotopic (exact) mass is 366 g/mol. The molecule has 1 aliphatic heterocycles. The number of aromatic nitrogens is 2. The zero-order valence-corrected chi connectivity index (χ0v) is 15.5. The smallest absolute Gasteiger partial charge is 0.300 e. The lowest BCUT2D eigenvalue weighted by Crippen LogP contribution is -2.23. The van der Waals surface area contributed by atoms with Gasteiger partial charge in [-0.3, -0.25) is 14.2 Å². The average molecular weight is 366 g/mol. The minimum atomic E-state index is -0.308. The number of ketones is 1. The zero-order chi connectivity index (χ0) is 19.0. The van der Waals surface area contributed by atoms with E-state index in [4.69, 9.17) is 9.47 Å². The zero-order valence-electron chi connectivity index (χ0n) is 15.5. The number of rotatable bonds is 4. The Morgan fingerprint density at radius 1 is 1.19 bits per heavy atom. The third kappa shape index (κ3) is 3.94. The van der Waals surface area contributed by atoms with Gasteiger partial charge in [0.1, 0.15) is 12.4 Å². The molecule has 4 rings (SSSR count). The molecule has 0 spiro atoms. The number of carbonyl (C=O) groups is 1. The molecule has 1 unspecified atom stereocenters. The molecule has 1 atom stereocenters. The van der Waals surface area contributed by atoms with Gasteiger partial charge in [0.2, 0.25) is 0 Å². The van der Waals surface area contributed by atoms with Crippen LogP contribution in [0.25, 0.3) is 5.57 Å². The Hall–Kier alpha value is -2.89. The van der Waals surface area contributed by atoms with Crippen molar-refractivity contribution >= 4 is 11.4 Å². The van der Waals surface area contributed by atoms with Crippen LogP contribution < -0.4 is 15.0 Å². The van der Waals surface area contributed by atoms with Crippen LogP contribution in [-0.2, 0) is 11.3 Å². The number of nitrogens with zero attached hydrogens (tertiary/aromatic N) is 2. The summed E-state index contributed by atoms with van der Waals surface area (Å²) >= 11 is 0. The Bertz CT molecular complexity index is 957. The Kier molecular flexibility index (Phi) is 4.34. The van der Waals surface area contributed by atoms with E-state index in [2.05, 4.69) is 18.8 Å². The fourth-order valence-corrected chi connectivity index (χ4v) is 3.62. The van der Waals surface area contributed by atoms with Crippen molar-refractivity contribution in [2.24, 2.45) is 5.41 Å². The maximum absolute atomic E-state index is 12.0. The third-order valence-electron chi connectivity index (χ3n) is 4.84. The van der Waals surface area contributed by atoms with Crippen LogP contribution in [0.5, 0.6) is 11.8 Å². The van der Waals surface area contributed by atoms with E-state index in [0.29, 0.717) is 25.6 Å². The van der Waals surface area contributed by atoms with Gasteiger partial charge in [-0.15, -0.1) is 0 Å². The van der Waals surface area contributed by atoms with E-state index in [9.17, 15) is 9.59 Å². The molecule has 27 heavy (non-hydrogen) atoms. The van der Waals surface area contributed by atoms with Crippen molar-refractivity contribution in [3.8, 4) is 11.8 Å². The Morgan fingerprint density at radius 3 is 2.70 bits per heavy atom. The number of ether oxygens (including phenoxy) is 2. The maximum atomic E-state index is 12.0. The van der Waals surface area contributed by atoms with Crippen LogP contribution in [0.3, 0.4) is 0 Å². The van der Waals surface area contributed by atoms with Crippen LogP contribution in [0.4, 0.5) is 0 Å². The molecule has 0 amide bonds. The van der Waals surface area contributed by atoms with Gasteiger partial charge < -0.3 is 9.47 Å². The molecule has 0 saturated carbocycles. The molecule has 6 nitrogen and oxygen atoms in total. The Balaban J connectivity index is 1.38. The van der Waals surface area contributed by atoms with E-state index in [1.54, 1.807) is 16.8 Å². The molecule has 1 aromatic heterocycles. The second-order valence-electron chi connectivity index (χ2n) is 7.93. The van der Waals surface area contributed by atoms with E-state index < -0.39 is 0 Å². The Labute approximate surface area is 157 Å². The van der Waals surface area contributed by atoms with E-state index >= 15 is 0 Å². The number of benzene rings is 1. The molecule has 0 radical (unpaired) electrons. The van der Waals surface area contributed by atoms with Crippen LogP contribution >= 0.6 is 0 Å². The van der Waals surface area contributed by atoms with Crippen molar-refractivity contribution in [2.75, 3.05) is 6.61 Å². The lowest BCUT2D eigenvalue weighted by atomic mass is 9.75. The number of allylic oxidation sites excluding steroid dienone is 2. The number of hydrogen-bond acceptors (Lipinski definition) is 5. The quantitative estimate of drug-likeness (QED) is 0.832. The summed E-state index contributed by atoms with van der Waals surface area (Å²) in [5, 5.41) is 0. The summed E-state index contributed by atoms with van der Waals surface area (Å²) in [7, 11) is 0. The van der Waals surface area contributed by atoms with E-state index in [1.165, 1.54) is 6.07 Å². The van der Waals surface area contributed by atoms with Gasteiger partial charge in [0.25, 0.3) is 11.6 Å². The van der Waals surface area contributed by atoms with E-state index in [1.807, 2.05) is 24.3 Å². The van der Waals surface area contributed by atoms with Crippen molar-refractivity contribution in [1.29, 1.82) is 0 Å². The molecule has 1 aromatic carbocycles. The first-order valence-electron chi connectivity index (χ1n) is 9.09. The summed E-state index contributed by atoms with van der Waals surface area (Å²) in [6.45, 7) is 5.21. The van der Waals surface area contributed by atoms with Crippen LogP contribution in [-0.4, -0.2) is 28.0 Å². The average Bonchev–Trinajstić information content (AvgIpc) is 3.00. The molecule has 6 heteroatoms. The predicted octanol–water partition coefficient (Wildman–Crippen LogP) is 2.86. The first-order chi connectivity index (χ1) is 12.9. The predicted molar refractivity (Wildman–Crippen MR) is 101 cm³/mol. The summed E-state index contributed by atoms with van der Waals surface area (Å²) in [4.78, 5) is 27.1. The van der Waals surface area contributed by atoms with E-state index in [-0.39, 0.29) is 22.9 Å². The topological polar surface area (TPSA) is 70.4 Å². The molecule has 0 bridgehead atoms. The molecule has 0 fully saturated rings. The van der Waals surface area contributed by atoms with Gasteiger partial charge in [-0.05, 0) is 41.2 Å². The molecule has 2 aliphatic rings. The fourth-order valence-electron chi connectivity index (χ4n) is 3.62. The highest BCUT2D eigenvalue weighted by Gasteiger charge is 2.28. The second kappa shape index (κ2) is 6.68. The van der Waals surface area contributed by atoms with Gasteiger partial charge in [-0.25, -0.2) is 0 Å². The van der Waals surface area contributed by atoms with Gasteiger partial charge in [0, 0.05) is 18.7 Å². The minimum Gasteiger partial charge on any atom is -0.490 e. The van der Waals surface area contributed by atoms with Crippen LogP contribution in [0.2, 0.25) is 0 Å². The summed E-state index contributed by atoms with van der Waals surface area (Å²) in [5.74, 6) is 0.926. The van der Waals surface area contributed by atoms with Crippen LogP contribution in [0, 0.1) is 5.41 Å². The third-order valence-corrected chi connectivity index (χ3v) is 4.84. The van der Waals surface area contributed by atoms with Gasteiger partial charge in [0.15, 0.2) is 11.9 Å². The van der Waals surface area contributed by atoms with E-state index in [0.717, 1.165) is 23.3 Å². The molecule has 2 heterocycles. The number of carbonyl (C=O) groups excluding carboxylic acids is 1. The molecule has 0 saturated heterocycles. The SMILES string of the molecule is CC1(C)CC(=O)C=C(c2ccc(OCC3Cn4ccc(=O)nc4O3)cc2)C1. The highest BCUT2D eigenvalue weighted by atomic mass is 16.6. The maximum Gasteiger partial charge on any atom is 0.300 e. The molecule has 0 N–H and O–H groups in total.